The number of para-hydroxylation sites is 1. The molecule has 5 heteroatoms. The zero-order valence-corrected chi connectivity index (χ0v) is 21.2. The minimum atomic E-state index is -0.761. The number of aryl methyl sites for hydroxylation is 2. The van der Waals surface area contributed by atoms with Crippen molar-refractivity contribution in [3.63, 3.8) is 0 Å². The highest BCUT2D eigenvalue weighted by molar-refractivity contribution is 7.99. The molecule has 0 aromatic heterocycles. The first-order valence-electron chi connectivity index (χ1n) is 11.8. The molecule has 0 radical (unpaired) electrons. The highest BCUT2D eigenvalue weighted by Gasteiger charge is 2.13. The molecule has 3 aromatic carbocycles. The number of ether oxygens (including phenoxy) is 2. The Morgan fingerprint density at radius 1 is 0.971 bits per heavy atom. The van der Waals surface area contributed by atoms with Gasteiger partial charge in [0, 0.05) is 17.1 Å². The number of carboxylic acids is 1. The molecule has 3 aromatic rings. The lowest BCUT2D eigenvalue weighted by atomic mass is 10.0. The van der Waals surface area contributed by atoms with E-state index >= 15 is 0 Å². The molecule has 0 saturated carbocycles. The SMILES string of the molecule is Cc1cc(SCCC(C)Oc2ccc(C(C)C)cc2Oc2ccccc2)ccc1CCC(=O)O. The smallest absolute Gasteiger partial charge is 0.303 e. The highest BCUT2D eigenvalue weighted by atomic mass is 32.2. The molecule has 0 spiro atoms. The van der Waals surface area contributed by atoms with Crippen LogP contribution in [-0.4, -0.2) is 22.9 Å². The number of hydrogen-bond acceptors (Lipinski definition) is 4. The molecule has 1 unspecified atom stereocenters. The lowest BCUT2D eigenvalue weighted by Crippen LogP contribution is -2.13. The molecule has 4 nitrogen and oxygen atoms in total. The maximum Gasteiger partial charge on any atom is 0.303 e. The molecule has 0 aliphatic rings. The average molecular weight is 479 g/mol. The van der Waals surface area contributed by atoms with Crippen LogP contribution in [0.5, 0.6) is 17.2 Å². The van der Waals surface area contributed by atoms with E-state index in [9.17, 15) is 4.79 Å². The van der Waals surface area contributed by atoms with Gasteiger partial charge in [0.05, 0.1) is 6.10 Å². The Labute approximate surface area is 207 Å². The fraction of sp³-hybridized carbons (Fsp3) is 0.345. The number of rotatable bonds is 12. The summed E-state index contributed by atoms with van der Waals surface area (Å²) in [4.78, 5) is 12.0. The summed E-state index contributed by atoms with van der Waals surface area (Å²) in [5, 5.41) is 8.90. The van der Waals surface area contributed by atoms with E-state index in [0.29, 0.717) is 12.3 Å². The van der Waals surface area contributed by atoms with Gasteiger partial charge in [-0.05, 0) is 85.7 Å². The van der Waals surface area contributed by atoms with Crippen molar-refractivity contribution in [2.45, 2.75) is 63.9 Å². The quantitative estimate of drug-likeness (QED) is 0.268. The molecule has 1 atom stereocenters. The summed E-state index contributed by atoms with van der Waals surface area (Å²) >= 11 is 1.79. The molecule has 1 N–H and O–H groups in total. The first-order chi connectivity index (χ1) is 16.3. The second-order valence-corrected chi connectivity index (χ2v) is 9.99. The van der Waals surface area contributed by atoms with Crippen LogP contribution in [0.1, 0.15) is 56.2 Å². The van der Waals surface area contributed by atoms with Crippen molar-refractivity contribution in [1.29, 1.82) is 0 Å². The van der Waals surface area contributed by atoms with Crippen molar-refractivity contribution < 1.29 is 19.4 Å². The molecule has 34 heavy (non-hydrogen) atoms. The Kier molecular flexibility index (Phi) is 9.46. The maximum atomic E-state index is 10.8. The van der Waals surface area contributed by atoms with Crippen molar-refractivity contribution in [1.82, 2.24) is 0 Å². The van der Waals surface area contributed by atoms with Gasteiger partial charge in [-0.2, -0.15) is 0 Å². The predicted octanol–water partition coefficient (Wildman–Crippen LogP) is 7.88. The summed E-state index contributed by atoms with van der Waals surface area (Å²) < 4.78 is 12.5. The van der Waals surface area contributed by atoms with Crippen LogP contribution in [0.2, 0.25) is 0 Å². The summed E-state index contributed by atoms with van der Waals surface area (Å²) in [5.41, 5.74) is 3.45. The topological polar surface area (TPSA) is 55.8 Å². The Hall–Kier alpha value is -2.92. The van der Waals surface area contributed by atoms with E-state index in [1.54, 1.807) is 11.8 Å². The van der Waals surface area contributed by atoms with Gasteiger partial charge < -0.3 is 14.6 Å². The molecule has 0 heterocycles. The summed E-state index contributed by atoms with van der Waals surface area (Å²) in [6, 6.07) is 22.2. The van der Waals surface area contributed by atoms with Crippen LogP contribution in [0.25, 0.3) is 0 Å². The third-order valence-electron chi connectivity index (χ3n) is 5.65. The third-order valence-corrected chi connectivity index (χ3v) is 6.68. The van der Waals surface area contributed by atoms with Crippen LogP contribution >= 0.6 is 11.8 Å². The summed E-state index contributed by atoms with van der Waals surface area (Å²) in [7, 11) is 0. The largest absolute Gasteiger partial charge is 0.487 e. The predicted molar refractivity (Wildman–Crippen MR) is 140 cm³/mol. The Balaban J connectivity index is 1.58. The second-order valence-electron chi connectivity index (χ2n) is 8.82. The van der Waals surface area contributed by atoms with E-state index in [0.717, 1.165) is 40.5 Å². The van der Waals surface area contributed by atoms with Gasteiger partial charge in [-0.15, -0.1) is 11.8 Å². The number of aliphatic carboxylic acids is 1. The summed E-state index contributed by atoms with van der Waals surface area (Å²) in [5.74, 6) is 2.85. The van der Waals surface area contributed by atoms with Gasteiger partial charge in [0.25, 0.3) is 0 Å². The van der Waals surface area contributed by atoms with Crippen molar-refractivity contribution in [3.8, 4) is 17.2 Å². The normalized spacial score (nSPS) is 11.9. The second kappa shape index (κ2) is 12.5. The van der Waals surface area contributed by atoms with Gasteiger partial charge in [-0.25, -0.2) is 0 Å². The Morgan fingerprint density at radius 2 is 1.74 bits per heavy atom. The van der Waals surface area contributed by atoms with Crippen LogP contribution in [-0.2, 0) is 11.2 Å². The first-order valence-corrected chi connectivity index (χ1v) is 12.8. The number of benzene rings is 3. The molecular formula is C29H34O4S. The average Bonchev–Trinajstić information content (AvgIpc) is 2.80. The van der Waals surface area contributed by atoms with E-state index in [1.165, 1.54) is 10.5 Å². The van der Waals surface area contributed by atoms with E-state index in [1.807, 2.05) is 49.4 Å². The highest BCUT2D eigenvalue weighted by Crippen LogP contribution is 2.35. The van der Waals surface area contributed by atoms with E-state index in [2.05, 4.69) is 45.0 Å². The van der Waals surface area contributed by atoms with E-state index in [4.69, 9.17) is 14.6 Å². The van der Waals surface area contributed by atoms with Crippen LogP contribution in [0, 0.1) is 6.92 Å². The van der Waals surface area contributed by atoms with Crippen LogP contribution in [0.3, 0.4) is 0 Å². The van der Waals surface area contributed by atoms with Crippen molar-refractivity contribution in [2.75, 3.05) is 5.75 Å². The summed E-state index contributed by atoms with van der Waals surface area (Å²) in [6.45, 7) is 8.47. The van der Waals surface area contributed by atoms with Crippen LogP contribution < -0.4 is 9.47 Å². The number of hydrogen-bond donors (Lipinski definition) is 1. The molecule has 0 saturated heterocycles. The monoisotopic (exact) mass is 478 g/mol. The molecule has 0 bridgehead atoms. The zero-order valence-electron chi connectivity index (χ0n) is 20.4. The van der Waals surface area contributed by atoms with Crippen molar-refractivity contribution in [2.24, 2.45) is 0 Å². The molecule has 0 aliphatic heterocycles. The maximum absolute atomic E-state index is 10.8. The van der Waals surface area contributed by atoms with Gasteiger partial charge in [-0.1, -0.05) is 44.2 Å². The minimum absolute atomic E-state index is 0.0338. The van der Waals surface area contributed by atoms with Gasteiger partial charge >= 0.3 is 5.97 Å². The number of thioether (sulfide) groups is 1. The fourth-order valence-corrected chi connectivity index (χ4v) is 4.68. The van der Waals surface area contributed by atoms with Gasteiger partial charge in [0.15, 0.2) is 11.5 Å². The standard InChI is InChI=1S/C29H34O4S/c1-20(2)24-11-14-27(28(19-24)33-25-8-6-5-7-9-25)32-22(4)16-17-34-26-13-10-23(21(3)18-26)12-15-29(30)31/h5-11,13-14,18-20,22H,12,15-17H2,1-4H3,(H,30,31). The molecule has 180 valence electrons. The molecule has 0 amide bonds. The molecular weight excluding hydrogens is 444 g/mol. The Morgan fingerprint density at radius 3 is 2.41 bits per heavy atom. The number of carboxylic acid groups (broad SMARTS) is 1. The van der Waals surface area contributed by atoms with Crippen molar-refractivity contribution >= 4 is 17.7 Å². The van der Waals surface area contributed by atoms with E-state index < -0.39 is 5.97 Å². The molecule has 3 rings (SSSR count). The lowest BCUT2D eigenvalue weighted by molar-refractivity contribution is -0.136. The zero-order chi connectivity index (χ0) is 24.5. The minimum Gasteiger partial charge on any atom is -0.487 e. The van der Waals surface area contributed by atoms with Gasteiger partial charge in [-0.3, -0.25) is 4.79 Å². The number of carbonyl (C=O) groups is 1. The van der Waals surface area contributed by atoms with Crippen LogP contribution in [0.4, 0.5) is 0 Å². The Bertz CT molecular complexity index is 1080. The fourth-order valence-electron chi connectivity index (χ4n) is 3.58. The van der Waals surface area contributed by atoms with Gasteiger partial charge in [0.1, 0.15) is 5.75 Å². The van der Waals surface area contributed by atoms with Gasteiger partial charge in [0.2, 0.25) is 0 Å². The lowest BCUT2D eigenvalue weighted by Gasteiger charge is -2.19. The van der Waals surface area contributed by atoms with Crippen LogP contribution in [0.15, 0.2) is 71.6 Å². The van der Waals surface area contributed by atoms with E-state index in [-0.39, 0.29) is 12.5 Å². The first kappa shape index (κ1) is 25.7. The third kappa shape index (κ3) is 7.84. The molecule has 0 fully saturated rings. The molecule has 0 aliphatic carbocycles. The van der Waals surface area contributed by atoms with Crippen molar-refractivity contribution in [3.05, 3.63) is 83.4 Å². The summed E-state index contributed by atoms with van der Waals surface area (Å²) in [6.07, 6.45) is 1.66.